The molecule has 1 heterocycles. The second kappa shape index (κ2) is 8.43. The minimum absolute atomic E-state index is 0. The smallest absolute Gasteiger partial charge is 0.279 e. The number of nitrogens with zero attached hydrogens (tertiary/aromatic N) is 1. The van der Waals surface area contributed by atoms with Crippen molar-refractivity contribution >= 4 is 29.8 Å². The summed E-state index contributed by atoms with van der Waals surface area (Å²) in [5.41, 5.74) is 0.614. The van der Waals surface area contributed by atoms with Gasteiger partial charge in [-0.1, -0.05) is 31.4 Å². The fourth-order valence-electron chi connectivity index (χ4n) is 1.57. The number of aryl methyl sites for hydroxylation is 1. The molecule has 1 aromatic rings. The zero-order chi connectivity index (χ0) is 12.0. The van der Waals surface area contributed by atoms with Crippen LogP contribution in [-0.2, 0) is 0 Å². The van der Waals surface area contributed by atoms with Crippen LogP contribution < -0.4 is 10.0 Å². The van der Waals surface area contributed by atoms with Crippen molar-refractivity contribution in [3.8, 4) is 0 Å². The largest absolute Gasteiger partial charge is 0.710 e. The van der Waals surface area contributed by atoms with Gasteiger partial charge in [0.2, 0.25) is 0 Å². The Balaban J connectivity index is 0.00000256. The molecule has 0 atom stereocenters. The van der Waals surface area contributed by atoms with Crippen LogP contribution in [0.2, 0.25) is 5.02 Å². The number of anilines is 1. The highest BCUT2D eigenvalue weighted by Crippen LogP contribution is 2.13. The van der Waals surface area contributed by atoms with Crippen LogP contribution in [0.25, 0.3) is 0 Å². The van der Waals surface area contributed by atoms with Gasteiger partial charge in [-0.05, 0) is 25.8 Å². The number of hydrogen-bond donors (Lipinski definition) is 1. The Bertz CT molecular complexity index is 346. The first-order valence-corrected chi connectivity index (χ1v) is 6.16. The van der Waals surface area contributed by atoms with E-state index in [-0.39, 0.29) is 12.4 Å². The van der Waals surface area contributed by atoms with Gasteiger partial charge in [-0.2, -0.15) is 0 Å². The Labute approximate surface area is 114 Å². The van der Waals surface area contributed by atoms with Crippen LogP contribution in [0.4, 0.5) is 5.82 Å². The van der Waals surface area contributed by atoms with E-state index < -0.39 is 0 Å². The van der Waals surface area contributed by atoms with E-state index >= 15 is 0 Å². The van der Waals surface area contributed by atoms with Gasteiger partial charge < -0.3 is 5.21 Å². The summed E-state index contributed by atoms with van der Waals surface area (Å²) in [7, 11) is 0. The number of pyridine rings is 1. The monoisotopic (exact) mass is 278 g/mol. The van der Waals surface area contributed by atoms with Crippen molar-refractivity contribution in [3.63, 3.8) is 0 Å². The van der Waals surface area contributed by atoms with Crippen LogP contribution in [0.3, 0.4) is 0 Å². The summed E-state index contributed by atoms with van der Waals surface area (Å²) >= 11 is 5.89. The van der Waals surface area contributed by atoms with E-state index in [2.05, 4.69) is 12.2 Å². The normalized spacial score (nSPS) is 9.82. The van der Waals surface area contributed by atoms with Crippen molar-refractivity contribution in [1.82, 2.24) is 0 Å². The maximum atomic E-state index is 11.6. The Morgan fingerprint density at radius 2 is 2.00 bits per heavy atom. The molecular formula is C12H20Cl2N2O. The van der Waals surface area contributed by atoms with E-state index in [1.54, 1.807) is 19.1 Å². The molecule has 0 aliphatic carbocycles. The zero-order valence-corrected chi connectivity index (χ0v) is 11.9. The third kappa shape index (κ3) is 5.46. The van der Waals surface area contributed by atoms with E-state index in [1.807, 2.05) is 0 Å². The molecule has 17 heavy (non-hydrogen) atoms. The summed E-state index contributed by atoms with van der Waals surface area (Å²) in [5.74, 6) is 0.543. The van der Waals surface area contributed by atoms with Gasteiger partial charge in [0.25, 0.3) is 5.82 Å². The first-order chi connectivity index (χ1) is 7.65. The second-order valence-corrected chi connectivity index (χ2v) is 4.42. The topological polar surface area (TPSA) is 39.0 Å². The number of unbranched alkanes of at least 4 members (excludes halogenated alkanes) is 3. The Morgan fingerprint density at radius 1 is 1.29 bits per heavy atom. The van der Waals surface area contributed by atoms with Gasteiger partial charge in [0.1, 0.15) is 5.69 Å². The third-order valence-corrected chi connectivity index (χ3v) is 2.72. The van der Waals surface area contributed by atoms with Crippen LogP contribution in [0.5, 0.6) is 0 Å². The van der Waals surface area contributed by atoms with Crippen molar-refractivity contribution < 1.29 is 4.73 Å². The first kappa shape index (κ1) is 16.3. The van der Waals surface area contributed by atoms with E-state index in [9.17, 15) is 5.21 Å². The number of halogens is 2. The highest BCUT2D eigenvalue weighted by atomic mass is 35.5. The molecule has 0 spiro atoms. The number of hydrogen-bond acceptors (Lipinski definition) is 2. The van der Waals surface area contributed by atoms with E-state index in [0.29, 0.717) is 16.5 Å². The molecule has 1 N–H and O–H groups in total. The Hall–Kier alpha value is -0.670. The molecule has 0 aliphatic rings. The molecule has 0 unspecified atom stereocenters. The minimum atomic E-state index is 0. The van der Waals surface area contributed by atoms with Crippen molar-refractivity contribution in [1.29, 1.82) is 0 Å². The van der Waals surface area contributed by atoms with Gasteiger partial charge in [-0.25, -0.2) is 4.73 Å². The average Bonchev–Trinajstić information content (AvgIpc) is 2.24. The average molecular weight is 279 g/mol. The van der Waals surface area contributed by atoms with Crippen LogP contribution in [0.1, 0.15) is 38.3 Å². The molecule has 3 nitrogen and oxygen atoms in total. The highest BCUT2D eigenvalue weighted by Gasteiger charge is 2.07. The molecule has 0 bridgehead atoms. The molecule has 0 aromatic carbocycles. The lowest BCUT2D eigenvalue weighted by atomic mass is 10.2. The maximum absolute atomic E-state index is 11.6. The fourth-order valence-corrected chi connectivity index (χ4v) is 1.83. The number of rotatable bonds is 6. The number of aromatic nitrogens is 1. The molecule has 0 radical (unpaired) electrons. The fraction of sp³-hybridized carbons (Fsp3) is 0.583. The van der Waals surface area contributed by atoms with Gasteiger partial charge in [0.05, 0.1) is 11.6 Å². The van der Waals surface area contributed by atoms with Gasteiger partial charge in [-0.3, -0.25) is 5.32 Å². The maximum Gasteiger partial charge on any atom is 0.279 e. The quantitative estimate of drug-likeness (QED) is 0.490. The highest BCUT2D eigenvalue weighted by molar-refractivity contribution is 6.30. The van der Waals surface area contributed by atoms with Crippen molar-refractivity contribution in [2.75, 3.05) is 11.9 Å². The van der Waals surface area contributed by atoms with Gasteiger partial charge in [-0.15, -0.1) is 12.4 Å². The lowest BCUT2D eigenvalue weighted by molar-refractivity contribution is -0.597. The van der Waals surface area contributed by atoms with Gasteiger partial charge in [0.15, 0.2) is 0 Å². The molecule has 1 aromatic heterocycles. The van der Waals surface area contributed by atoms with Crippen molar-refractivity contribution in [2.24, 2.45) is 0 Å². The molecular weight excluding hydrogens is 259 g/mol. The molecule has 0 fully saturated rings. The summed E-state index contributed by atoms with van der Waals surface area (Å²) in [4.78, 5) is 0. The van der Waals surface area contributed by atoms with E-state index in [0.717, 1.165) is 17.7 Å². The molecule has 0 saturated heterocycles. The van der Waals surface area contributed by atoms with Crippen LogP contribution in [0.15, 0.2) is 12.1 Å². The molecule has 0 saturated carbocycles. The van der Waals surface area contributed by atoms with Crippen LogP contribution in [-0.4, -0.2) is 6.54 Å². The zero-order valence-electron chi connectivity index (χ0n) is 10.3. The first-order valence-electron chi connectivity index (χ1n) is 5.78. The van der Waals surface area contributed by atoms with Gasteiger partial charge >= 0.3 is 0 Å². The molecule has 5 heteroatoms. The van der Waals surface area contributed by atoms with Crippen molar-refractivity contribution in [2.45, 2.75) is 39.5 Å². The summed E-state index contributed by atoms with van der Waals surface area (Å²) < 4.78 is 0.881. The summed E-state index contributed by atoms with van der Waals surface area (Å²) in [6.45, 7) is 4.75. The third-order valence-electron chi connectivity index (χ3n) is 2.50. The molecule has 98 valence electrons. The molecule has 0 amide bonds. The minimum Gasteiger partial charge on any atom is -0.710 e. The van der Waals surface area contributed by atoms with Crippen LogP contribution in [0, 0.1) is 12.1 Å². The Morgan fingerprint density at radius 3 is 2.65 bits per heavy atom. The lowest BCUT2D eigenvalue weighted by Gasteiger charge is -2.12. The molecule has 0 aliphatic heterocycles. The SMILES string of the molecule is CCCCCCNc1cc(Cl)cc(C)[n+]1[O-].Cl. The lowest BCUT2D eigenvalue weighted by Crippen LogP contribution is -2.34. The molecule has 1 rings (SSSR count). The van der Waals surface area contributed by atoms with E-state index in [1.165, 1.54) is 19.3 Å². The predicted molar refractivity (Wildman–Crippen MR) is 75.0 cm³/mol. The number of nitrogens with one attached hydrogen (secondary N) is 1. The van der Waals surface area contributed by atoms with Crippen molar-refractivity contribution in [3.05, 3.63) is 28.1 Å². The summed E-state index contributed by atoms with van der Waals surface area (Å²) in [5, 5.41) is 15.4. The Kier molecular flexibility index (Phi) is 8.09. The van der Waals surface area contributed by atoms with Crippen LogP contribution >= 0.6 is 24.0 Å². The standard InChI is InChI=1S/C12H19ClN2O.ClH/c1-3-4-5-6-7-14-12-9-11(13)8-10(2)15(12)16;/h8-9,14H,3-7H2,1-2H3;1H. The second-order valence-electron chi connectivity index (χ2n) is 3.98. The predicted octanol–water partition coefficient (Wildman–Crippen LogP) is 3.70. The van der Waals surface area contributed by atoms with Gasteiger partial charge in [0, 0.05) is 6.07 Å². The summed E-state index contributed by atoms with van der Waals surface area (Å²) in [6.07, 6.45) is 4.74. The summed E-state index contributed by atoms with van der Waals surface area (Å²) in [6, 6.07) is 3.33. The van der Waals surface area contributed by atoms with E-state index in [4.69, 9.17) is 11.6 Å².